The van der Waals surface area contributed by atoms with Crippen molar-refractivity contribution in [2.24, 2.45) is 0 Å². The third-order valence-corrected chi connectivity index (χ3v) is 3.27. The van der Waals surface area contributed by atoms with Crippen molar-refractivity contribution in [3.8, 4) is 5.75 Å². The lowest BCUT2D eigenvalue weighted by Crippen LogP contribution is -2.05. The van der Waals surface area contributed by atoms with Crippen LogP contribution in [0.2, 0.25) is 0 Å². The van der Waals surface area contributed by atoms with Crippen LogP contribution in [0.3, 0.4) is 0 Å². The van der Waals surface area contributed by atoms with Gasteiger partial charge in [0.25, 0.3) is 0 Å². The average molecular weight is 268 g/mol. The minimum atomic E-state index is 0.0297. The maximum absolute atomic E-state index is 12.3. The van der Waals surface area contributed by atoms with Gasteiger partial charge in [0.2, 0.25) is 0 Å². The van der Waals surface area contributed by atoms with Gasteiger partial charge in [-0.15, -0.1) is 0 Å². The first-order chi connectivity index (χ1) is 9.72. The summed E-state index contributed by atoms with van der Waals surface area (Å²) >= 11 is 0. The van der Waals surface area contributed by atoms with Gasteiger partial charge < -0.3 is 9.47 Å². The smallest absolute Gasteiger partial charge is 0.193 e. The van der Waals surface area contributed by atoms with Crippen molar-refractivity contribution < 1.29 is 14.3 Å². The van der Waals surface area contributed by atoms with Crippen molar-refractivity contribution in [2.45, 2.75) is 13.0 Å². The van der Waals surface area contributed by atoms with Gasteiger partial charge in [-0.2, -0.15) is 0 Å². The molecule has 1 aliphatic heterocycles. The zero-order chi connectivity index (χ0) is 13.9. The lowest BCUT2D eigenvalue weighted by atomic mass is 10.0. The molecule has 2 aromatic carbocycles. The van der Waals surface area contributed by atoms with Crippen LogP contribution in [0.5, 0.6) is 5.75 Å². The number of hydrogen-bond acceptors (Lipinski definition) is 3. The Balaban J connectivity index is 1.69. The number of ether oxygens (including phenoxy) is 2. The molecule has 20 heavy (non-hydrogen) atoms. The Morgan fingerprint density at radius 2 is 1.65 bits per heavy atom. The van der Waals surface area contributed by atoms with E-state index in [9.17, 15) is 4.79 Å². The molecule has 102 valence electrons. The maximum Gasteiger partial charge on any atom is 0.193 e. The minimum Gasteiger partial charge on any atom is -0.491 e. The van der Waals surface area contributed by atoms with Gasteiger partial charge in [-0.1, -0.05) is 29.8 Å². The molecule has 0 bridgehead atoms. The van der Waals surface area contributed by atoms with E-state index in [0.29, 0.717) is 17.7 Å². The predicted molar refractivity (Wildman–Crippen MR) is 76.3 cm³/mol. The van der Waals surface area contributed by atoms with Crippen LogP contribution in [0.4, 0.5) is 0 Å². The zero-order valence-electron chi connectivity index (χ0n) is 11.3. The van der Waals surface area contributed by atoms with Gasteiger partial charge in [0.15, 0.2) is 5.78 Å². The first-order valence-electron chi connectivity index (χ1n) is 6.68. The van der Waals surface area contributed by atoms with Crippen LogP contribution in [-0.2, 0) is 4.74 Å². The van der Waals surface area contributed by atoms with Crippen molar-refractivity contribution in [3.05, 3.63) is 65.2 Å². The molecule has 1 heterocycles. The number of aryl methyl sites for hydroxylation is 1. The van der Waals surface area contributed by atoms with Crippen molar-refractivity contribution in [3.63, 3.8) is 0 Å². The van der Waals surface area contributed by atoms with E-state index in [4.69, 9.17) is 9.47 Å². The molecule has 3 rings (SSSR count). The summed E-state index contributed by atoms with van der Waals surface area (Å²) in [4.78, 5) is 12.3. The Labute approximate surface area is 118 Å². The van der Waals surface area contributed by atoms with E-state index in [1.807, 2.05) is 43.3 Å². The fourth-order valence-electron chi connectivity index (χ4n) is 1.93. The topological polar surface area (TPSA) is 38.8 Å². The zero-order valence-corrected chi connectivity index (χ0v) is 11.3. The standard InChI is InChI=1S/C17H16O3/c1-12-2-4-13(5-3-12)17(18)14-6-8-15(9-7-14)19-10-16-11-20-16/h2-9,16H,10-11H2,1H3. The van der Waals surface area contributed by atoms with Gasteiger partial charge in [-0.3, -0.25) is 4.79 Å². The largest absolute Gasteiger partial charge is 0.491 e. The molecule has 0 aliphatic carbocycles. The number of carbonyl (C=O) groups excluding carboxylic acids is 1. The maximum atomic E-state index is 12.3. The Bertz CT molecular complexity index is 595. The highest BCUT2D eigenvalue weighted by molar-refractivity contribution is 6.09. The molecule has 3 nitrogen and oxygen atoms in total. The highest BCUT2D eigenvalue weighted by Gasteiger charge is 2.23. The first-order valence-corrected chi connectivity index (χ1v) is 6.68. The molecular weight excluding hydrogens is 252 g/mol. The second-order valence-corrected chi connectivity index (χ2v) is 4.99. The van der Waals surface area contributed by atoms with E-state index < -0.39 is 0 Å². The second-order valence-electron chi connectivity index (χ2n) is 4.99. The number of ketones is 1. The Kier molecular flexibility index (Phi) is 3.52. The van der Waals surface area contributed by atoms with E-state index >= 15 is 0 Å². The summed E-state index contributed by atoms with van der Waals surface area (Å²) in [7, 11) is 0. The lowest BCUT2D eigenvalue weighted by molar-refractivity contribution is 0.103. The molecule has 0 amide bonds. The molecule has 1 unspecified atom stereocenters. The Morgan fingerprint density at radius 1 is 1.10 bits per heavy atom. The van der Waals surface area contributed by atoms with Crippen molar-refractivity contribution in [1.29, 1.82) is 0 Å². The normalized spacial score (nSPS) is 16.8. The summed E-state index contributed by atoms with van der Waals surface area (Å²) in [6.07, 6.45) is 0.240. The molecule has 0 spiro atoms. The van der Waals surface area contributed by atoms with E-state index in [0.717, 1.165) is 17.9 Å². The van der Waals surface area contributed by atoms with Crippen molar-refractivity contribution in [2.75, 3.05) is 13.2 Å². The summed E-state index contributed by atoms with van der Waals surface area (Å²) in [6.45, 7) is 3.36. The molecular formula is C17H16O3. The van der Waals surface area contributed by atoms with Gasteiger partial charge >= 0.3 is 0 Å². The summed E-state index contributed by atoms with van der Waals surface area (Å²) in [5, 5.41) is 0. The molecule has 0 aromatic heterocycles. The minimum absolute atomic E-state index is 0.0297. The molecule has 0 saturated carbocycles. The molecule has 1 saturated heterocycles. The van der Waals surface area contributed by atoms with E-state index in [1.54, 1.807) is 12.1 Å². The number of epoxide rings is 1. The van der Waals surface area contributed by atoms with E-state index in [1.165, 1.54) is 0 Å². The van der Waals surface area contributed by atoms with Gasteiger partial charge in [0.05, 0.1) is 6.61 Å². The van der Waals surface area contributed by atoms with E-state index in [-0.39, 0.29) is 11.9 Å². The quantitative estimate of drug-likeness (QED) is 0.618. The Morgan fingerprint density at radius 3 is 2.20 bits per heavy atom. The summed E-state index contributed by atoms with van der Waals surface area (Å²) < 4.78 is 10.6. The molecule has 3 heteroatoms. The Hall–Kier alpha value is -2.13. The molecule has 0 radical (unpaired) electrons. The first kappa shape index (κ1) is 12.9. The molecule has 1 atom stereocenters. The van der Waals surface area contributed by atoms with Crippen LogP contribution in [0.1, 0.15) is 21.5 Å². The van der Waals surface area contributed by atoms with Crippen LogP contribution < -0.4 is 4.74 Å². The van der Waals surface area contributed by atoms with Crippen LogP contribution in [-0.4, -0.2) is 25.1 Å². The monoisotopic (exact) mass is 268 g/mol. The van der Waals surface area contributed by atoms with Gasteiger partial charge in [-0.25, -0.2) is 0 Å². The number of rotatable bonds is 5. The van der Waals surface area contributed by atoms with E-state index in [2.05, 4.69) is 0 Å². The van der Waals surface area contributed by atoms with Crippen molar-refractivity contribution in [1.82, 2.24) is 0 Å². The van der Waals surface area contributed by atoms with Crippen LogP contribution >= 0.6 is 0 Å². The third-order valence-electron chi connectivity index (χ3n) is 3.27. The summed E-state index contributed by atoms with van der Waals surface area (Å²) in [6, 6.07) is 14.8. The summed E-state index contributed by atoms with van der Waals surface area (Å²) in [5.41, 5.74) is 2.52. The number of carbonyl (C=O) groups is 1. The average Bonchev–Trinajstić information content (AvgIpc) is 3.30. The molecule has 2 aromatic rings. The van der Waals surface area contributed by atoms with Crippen LogP contribution in [0.25, 0.3) is 0 Å². The fraction of sp³-hybridized carbons (Fsp3) is 0.235. The fourth-order valence-corrected chi connectivity index (χ4v) is 1.93. The molecule has 0 N–H and O–H groups in total. The second kappa shape index (κ2) is 5.47. The lowest BCUT2D eigenvalue weighted by Gasteiger charge is -2.06. The SMILES string of the molecule is Cc1ccc(C(=O)c2ccc(OCC3CO3)cc2)cc1. The van der Waals surface area contributed by atoms with Crippen molar-refractivity contribution >= 4 is 5.78 Å². The molecule has 1 aliphatic rings. The van der Waals surface area contributed by atoms with Gasteiger partial charge in [0, 0.05) is 11.1 Å². The third kappa shape index (κ3) is 3.06. The number of benzene rings is 2. The predicted octanol–water partition coefficient (Wildman–Crippen LogP) is 3.00. The highest BCUT2D eigenvalue weighted by Crippen LogP contribution is 2.18. The highest BCUT2D eigenvalue weighted by atomic mass is 16.6. The summed E-state index contributed by atoms with van der Waals surface area (Å²) in [5.74, 6) is 0.794. The van der Waals surface area contributed by atoms with Gasteiger partial charge in [0.1, 0.15) is 18.5 Å². The van der Waals surface area contributed by atoms with Gasteiger partial charge in [-0.05, 0) is 31.2 Å². The molecule has 1 fully saturated rings. The number of hydrogen-bond donors (Lipinski definition) is 0. The van der Waals surface area contributed by atoms with Crippen LogP contribution in [0.15, 0.2) is 48.5 Å². The van der Waals surface area contributed by atoms with Crippen LogP contribution in [0, 0.1) is 6.92 Å².